The summed E-state index contributed by atoms with van der Waals surface area (Å²) in [6, 6.07) is 5.80. The highest BCUT2D eigenvalue weighted by Gasteiger charge is 2.20. The van der Waals surface area contributed by atoms with Crippen LogP contribution in [-0.4, -0.2) is 62.2 Å². The molecule has 2 atom stereocenters. The Kier molecular flexibility index (Phi) is 8.72. The second-order valence-corrected chi connectivity index (χ2v) is 8.16. The fourth-order valence-electron chi connectivity index (χ4n) is 3.57. The molecule has 2 aromatic heterocycles. The van der Waals surface area contributed by atoms with Crippen LogP contribution in [0, 0.1) is 6.92 Å². The van der Waals surface area contributed by atoms with Gasteiger partial charge in [0.25, 0.3) is 5.89 Å². The number of benzene rings is 1. The topological polar surface area (TPSA) is 167 Å². The zero-order valence-corrected chi connectivity index (χ0v) is 20.3. The van der Waals surface area contributed by atoms with E-state index >= 15 is 0 Å². The number of rotatable bonds is 12. The number of ether oxygens (including phenoxy) is 2. The lowest BCUT2D eigenvalue weighted by Gasteiger charge is -2.18. The molecule has 0 aliphatic rings. The minimum Gasteiger partial charge on any atom is -0.490 e. The number of amides is 1. The summed E-state index contributed by atoms with van der Waals surface area (Å²) in [6.45, 7) is 5.81. The smallest absolute Gasteiger partial charge is 0.317 e. The Balaban J connectivity index is 1.83. The molecule has 3 rings (SSSR count). The van der Waals surface area contributed by atoms with Crippen LogP contribution in [0.4, 0.5) is 0 Å². The van der Waals surface area contributed by atoms with E-state index in [1.54, 1.807) is 0 Å². The molecule has 0 fully saturated rings. The van der Waals surface area contributed by atoms with Gasteiger partial charge in [0.15, 0.2) is 0 Å². The molecule has 0 spiro atoms. The summed E-state index contributed by atoms with van der Waals surface area (Å²) >= 11 is 0. The Hall–Kier alpha value is -3.57. The number of primary amides is 1. The fraction of sp³-hybridized carbons (Fsp3) is 0.458. The third-order valence-electron chi connectivity index (χ3n) is 5.33. The highest BCUT2D eigenvalue weighted by Crippen LogP contribution is 2.31. The van der Waals surface area contributed by atoms with Gasteiger partial charge in [0.1, 0.15) is 24.2 Å². The van der Waals surface area contributed by atoms with Gasteiger partial charge in [-0.25, -0.2) is 4.98 Å². The maximum absolute atomic E-state index is 11.0. The van der Waals surface area contributed by atoms with E-state index in [-0.39, 0.29) is 24.9 Å². The van der Waals surface area contributed by atoms with Gasteiger partial charge in [-0.1, -0.05) is 25.4 Å². The summed E-state index contributed by atoms with van der Waals surface area (Å²) in [5, 5.41) is 23.7. The molecule has 1 unspecified atom stereocenters. The number of aliphatic hydroxyl groups excluding tert-OH is 2. The molecule has 188 valence electrons. The van der Waals surface area contributed by atoms with Crippen LogP contribution in [0.5, 0.6) is 11.8 Å². The SMILES string of the molecule is CCCc1cc(-c2nc(-c3cc(C)c(OC[C@@H](O)CC(O)C(N)=O)c(CC)c3)no2)nc(OC)n1. The van der Waals surface area contributed by atoms with Crippen molar-refractivity contribution < 1.29 is 29.0 Å². The minimum absolute atomic E-state index is 0.0977. The normalized spacial score (nSPS) is 12.9. The van der Waals surface area contributed by atoms with E-state index in [9.17, 15) is 15.0 Å². The van der Waals surface area contributed by atoms with Crippen molar-refractivity contribution in [3.63, 3.8) is 0 Å². The van der Waals surface area contributed by atoms with E-state index in [0.717, 1.165) is 35.2 Å². The third kappa shape index (κ3) is 6.52. The van der Waals surface area contributed by atoms with Crippen LogP contribution >= 0.6 is 0 Å². The predicted molar refractivity (Wildman–Crippen MR) is 127 cm³/mol. The number of methoxy groups -OCH3 is 1. The molecule has 11 heteroatoms. The monoisotopic (exact) mass is 485 g/mol. The molecular formula is C24H31N5O6. The molecule has 0 aliphatic carbocycles. The molecule has 0 bridgehead atoms. The first kappa shape index (κ1) is 26.0. The van der Waals surface area contributed by atoms with Gasteiger partial charge in [0, 0.05) is 17.7 Å². The Morgan fingerprint density at radius 2 is 1.94 bits per heavy atom. The van der Waals surface area contributed by atoms with Crippen molar-refractivity contribution in [2.45, 2.75) is 58.7 Å². The van der Waals surface area contributed by atoms with Gasteiger partial charge < -0.3 is 29.9 Å². The van der Waals surface area contributed by atoms with E-state index < -0.39 is 18.1 Å². The summed E-state index contributed by atoms with van der Waals surface area (Å²) < 4.78 is 16.5. The van der Waals surface area contributed by atoms with E-state index in [2.05, 4.69) is 27.0 Å². The molecule has 11 nitrogen and oxygen atoms in total. The zero-order chi connectivity index (χ0) is 25.5. The van der Waals surface area contributed by atoms with Gasteiger partial charge >= 0.3 is 6.01 Å². The Morgan fingerprint density at radius 1 is 1.17 bits per heavy atom. The lowest BCUT2D eigenvalue weighted by molar-refractivity contribution is -0.127. The summed E-state index contributed by atoms with van der Waals surface area (Å²) in [5.74, 6) is 0.367. The zero-order valence-electron chi connectivity index (χ0n) is 20.3. The van der Waals surface area contributed by atoms with E-state index in [4.69, 9.17) is 19.7 Å². The third-order valence-corrected chi connectivity index (χ3v) is 5.33. The number of aryl methyl sites for hydroxylation is 3. The molecule has 4 N–H and O–H groups in total. The van der Waals surface area contributed by atoms with E-state index in [0.29, 0.717) is 23.7 Å². The summed E-state index contributed by atoms with van der Waals surface area (Å²) in [7, 11) is 1.51. The number of aromatic nitrogens is 4. The van der Waals surface area contributed by atoms with Gasteiger partial charge in [0.2, 0.25) is 11.7 Å². The summed E-state index contributed by atoms with van der Waals surface area (Å²) in [5.41, 5.74) is 8.77. The van der Waals surface area contributed by atoms with Crippen LogP contribution < -0.4 is 15.2 Å². The second kappa shape index (κ2) is 11.7. The molecule has 1 aromatic carbocycles. The van der Waals surface area contributed by atoms with Crippen LogP contribution in [0.3, 0.4) is 0 Å². The number of nitrogens with zero attached hydrogens (tertiary/aromatic N) is 4. The van der Waals surface area contributed by atoms with Crippen LogP contribution in [0.2, 0.25) is 0 Å². The van der Waals surface area contributed by atoms with Crippen LogP contribution in [0.25, 0.3) is 23.0 Å². The number of nitrogens with two attached hydrogens (primary N) is 1. The van der Waals surface area contributed by atoms with Crippen molar-refractivity contribution in [1.82, 2.24) is 20.1 Å². The van der Waals surface area contributed by atoms with Crippen LogP contribution in [-0.2, 0) is 17.6 Å². The van der Waals surface area contributed by atoms with Crippen molar-refractivity contribution >= 4 is 5.91 Å². The maximum atomic E-state index is 11.0. The van der Waals surface area contributed by atoms with Gasteiger partial charge in [-0.15, -0.1) is 0 Å². The Bertz CT molecular complexity index is 1170. The number of hydrogen-bond donors (Lipinski definition) is 3. The van der Waals surface area contributed by atoms with Crippen molar-refractivity contribution in [3.8, 4) is 34.7 Å². The van der Waals surface area contributed by atoms with Crippen molar-refractivity contribution in [1.29, 1.82) is 0 Å². The molecule has 2 heterocycles. The molecule has 0 aliphatic heterocycles. The quantitative estimate of drug-likeness (QED) is 0.345. The fourth-order valence-corrected chi connectivity index (χ4v) is 3.57. The first-order valence-corrected chi connectivity index (χ1v) is 11.4. The minimum atomic E-state index is -1.43. The lowest BCUT2D eigenvalue weighted by atomic mass is 10.0. The van der Waals surface area contributed by atoms with Crippen LogP contribution in [0.1, 0.15) is 43.5 Å². The number of carbonyl (C=O) groups is 1. The standard InChI is InChI=1S/C24H31N5O6/c1-5-7-16-10-18(27-24(26-16)33-4)23-28-22(29-35-23)15-8-13(3)20(14(6-2)9-15)34-12-17(30)11-19(31)21(25)32/h8-10,17,19,30-31H,5-7,11-12H2,1-4H3,(H2,25,32)/t17-,19?/m0/s1. The Labute approximate surface area is 203 Å². The molecule has 0 radical (unpaired) electrons. The summed E-state index contributed by atoms with van der Waals surface area (Å²) in [6.07, 6.45) is -0.341. The Morgan fingerprint density at radius 3 is 2.60 bits per heavy atom. The molecule has 1 amide bonds. The average Bonchev–Trinajstić information content (AvgIpc) is 3.33. The summed E-state index contributed by atoms with van der Waals surface area (Å²) in [4.78, 5) is 24.2. The highest BCUT2D eigenvalue weighted by molar-refractivity contribution is 5.78. The van der Waals surface area contributed by atoms with Gasteiger partial charge in [0.05, 0.1) is 13.2 Å². The first-order valence-electron chi connectivity index (χ1n) is 11.4. The largest absolute Gasteiger partial charge is 0.490 e. The highest BCUT2D eigenvalue weighted by atomic mass is 16.5. The average molecular weight is 486 g/mol. The van der Waals surface area contributed by atoms with Gasteiger partial charge in [-0.05, 0) is 49.1 Å². The van der Waals surface area contributed by atoms with Crippen molar-refractivity contribution in [3.05, 3.63) is 35.0 Å². The lowest BCUT2D eigenvalue weighted by Crippen LogP contribution is -2.33. The maximum Gasteiger partial charge on any atom is 0.317 e. The van der Waals surface area contributed by atoms with Crippen molar-refractivity contribution in [2.75, 3.05) is 13.7 Å². The number of aliphatic hydroxyl groups is 2. The van der Waals surface area contributed by atoms with E-state index in [1.165, 1.54) is 7.11 Å². The predicted octanol–water partition coefficient (Wildman–Crippen LogP) is 2.00. The number of hydrogen-bond acceptors (Lipinski definition) is 10. The second-order valence-electron chi connectivity index (χ2n) is 8.16. The van der Waals surface area contributed by atoms with Gasteiger partial charge in [-0.2, -0.15) is 9.97 Å². The molecule has 3 aromatic rings. The van der Waals surface area contributed by atoms with E-state index in [1.807, 2.05) is 32.0 Å². The number of carbonyl (C=O) groups excluding carboxylic acids is 1. The first-order chi connectivity index (χ1) is 16.7. The van der Waals surface area contributed by atoms with Gasteiger partial charge in [-0.3, -0.25) is 4.79 Å². The van der Waals surface area contributed by atoms with Crippen molar-refractivity contribution in [2.24, 2.45) is 5.73 Å². The molecular weight excluding hydrogens is 454 g/mol. The molecule has 0 saturated carbocycles. The van der Waals surface area contributed by atoms with Crippen LogP contribution in [0.15, 0.2) is 22.7 Å². The molecule has 0 saturated heterocycles. The molecule has 35 heavy (non-hydrogen) atoms.